The average molecular weight is 380 g/mol. The highest BCUT2D eigenvalue weighted by molar-refractivity contribution is 6.30. The number of hydrogen-bond acceptors (Lipinski definition) is 6. The van der Waals surface area contributed by atoms with Gasteiger partial charge in [-0.25, -0.2) is 9.59 Å². The molecule has 2 N–H and O–H groups in total. The van der Waals surface area contributed by atoms with Gasteiger partial charge < -0.3 is 10.1 Å². The normalized spacial score (nSPS) is 10.5. The van der Waals surface area contributed by atoms with E-state index in [-0.39, 0.29) is 11.7 Å². The van der Waals surface area contributed by atoms with Crippen LogP contribution in [0.1, 0.15) is 30.0 Å². The van der Waals surface area contributed by atoms with Gasteiger partial charge >= 0.3 is 12.0 Å². The van der Waals surface area contributed by atoms with E-state index in [0.717, 1.165) is 0 Å². The fraction of sp³-hybridized carbons (Fsp3) is 0.312. The predicted octanol–water partition coefficient (Wildman–Crippen LogP) is 1.62. The number of nitrogens with one attached hydrogen (secondary N) is 2. The molecule has 3 amide bonds. The summed E-state index contributed by atoms with van der Waals surface area (Å²) in [5.74, 6) is -1.58. The Balaban J connectivity index is 1.98. The van der Waals surface area contributed by atoms with Crippen LogP contribution < -0.4 is 10.6 Å². The number of urea groups is 1. The van der Waals surface area contributed by atoms with Crippen LogP contribution in [-0.4, -0.2) is 45.6 Å². The molecular formula is C16H18ClN5O4. The Morgan fingerprint density at radius 3 is 2.65 bits per heavy atom. The summed E-state index contributed by atoms with van der Waals surface area (Å²) < 4.78 is 4.88. The molecule has 0 unspecified atom stereocenters. The van der Waals surface area contributed by atoms with Gasteiger partial charge in [0.05, 0.1) is 11.4 Å². The lowest BCUT2D eigenvalue weighted by molar-refractivity contribution is -0.123. The van der Waals surface area contributed by atoms with Gasteiger partial charge in [0.2, 0.25) is 0 Å². The molecule has 10 heteroatoms. The number of ether oxygens (including phenoxy) is 1. The molecule has 1 aromatic heterocycles. The number of aromatic nitrogens is 3. The summed E-state index contributed by atoms with van der Waals surface area (Å²) in [5.41, 5.74) is 0.861. The largest absolute Gasteiger partial charge is 0.451 e. The smallest absolute Gasteiger partial charge is 0.361 e. The zero-order chi connectivity index (χ0) is 19.3. The van der Waals surface area contributed by atoms with Crippen LogP contribution in [0.25, 0.3) is 5.69 Å². The third-order valence-electron chi connectivity index (χ3n) is 3.02. The van der Waals surface area contributed by atoms with Crippen molar-refractivity contribution < 1.29 is 19.1 Å². The van der Waals surface area contributed by atoms with Crippen molar-refractivity contribution in [3.63, 3.8) is 0 Å². The van der Waals surface area contributed by atoms with Crippen LogP contribution in [0.15, 0.2) is 24.3 Å². The molecule has 1 aromatic carbocycles. The minimum Gasteiger partial charge on any atom is -0.451 e. The van der Waals surface area contributed by atoms with E-state index in [9.17, 15) is 14.4 Å². The van der Waals surface area contributed by atoms with Crippen LogP contribution in [-0.2, 0) is 9.53 Å². The second-order valence-electron chi connectivity index (χ2n) is 5.66. The Morgan fingerprint density at radius 1 is 1.27 bits per heavy atom. The fourth-order valence-electron chi connectivity index (χ4n) is 1.94. The second-order valence-corrected chi connectivity index (χ2v) is 6.09. The predicted molar refractivity (Wildman–Crippen MR) is 93.2 cm³/mol. The van der Waals surface area contributed by atoms with Crippen molar-refractivity contribution in [2.45, 2.75) is 26.8 Å². The Kier molecular flexibility index (Phi) is 6.29. The van der Waals surface area contributed by atoms with Crippen molar-refractivity contribution in [3.8, 4) is 5.69 Å². The van der Waals surface area contributed by atoms with Gasteiger partial charge in [0.25, 0.3) is 5.91 Å². The molecule has 2 rings (SSSR count). The van der Waals surface area contributed by atoms with Gasteiger partial charge in [-0.15, -0.1) is 5.10 Å². The van der Waals surface area contributed by atoms with E-state index in [4.69, 9.17) is 16.3 Å². The van der Waals surface area contributed by atoms with Gasteiger partial charge in [0.15, 0.2) is 12.3 Å². The van der Waals surface area contributed by atoms with E-state index in [2.05, 4.69) is 15.5 Å². The van der Waals surface area contributed by atoms with E-state index >= 15 is 0 Å². The molecule has 0 spiro atoms. The molecule has 0 fully saturated rings. The van der Waals surface area contributed by atoms with Crippen LogP contribution in [0.3, 0.4) is 0 Å². The average Bonchev–Trinajstić information content (AvgIpc) is 2.93. The monoisotopic (exact) mass is 379 g/mol. The molecule has 0 radical (unpaired) electrons. The molecule has 9 nitrogen and oxygen atoms in total. The first-order valence-corrected chi connectivity index (χ1v) is 8.11. The molecule has 1 heterocycles. The lowest BCUT2D eigenvalue weighted by Gasteiger charge is -2.09. The van der Waals surface area contributed by atoms with E-state index < -0.39 is 24.5 Å². The van der Waals surface area contributed by atoms with Crippen LogP contribution in [0, 0.1) is 6.92 Å². The Labute approximate surface area is 154 Å². The first-order chi connectivity index (χ1) is 12.3. The second kappa shape index (κ2) is 8.43. The molecule has 0 aliphatic rings. The number of carbonyl (C=O) groups is 3. The molecule has 2 aromatic rings. The Morgan fingerprint density at radius 2 is 2.00 bits per heavy atom. The minimum absolute atomic E-state index is 0.0376. The molecule has 0 atom stereocenters. The number of halogens is 1. The first kappa shape index (κ1) is 19.4. The fourth-order valence-corrected chi connectivity index (χ4v) is 2.13. The van der Waals surface area contributed by atoms with Gasteiger partial charge in [0, 0.05) is 11.1 Å². The molecule has 0 saturated heterocycles. The summed E-state index contributed by atoms with van der Waals surface area (Å²) in [4.78, 5) is 36.4. The van der Waals surface area contributed by atoms with Gasteiger partial charge in [-0.05, 0) is 39.0 Å². The van der Waals surface area contributed by atoms with Crippen molar-refractivity contribution in [1.29, 1.82) is 0 Å². The lowest BCUT2D eigenvalue weighted by atomic mass is 10.3. The van der Waals surface area contributed by atoms with Gasteiger partial charge in [-0.1, -0.05) is 17.7 Å². The van der Waals surface area contributed by atoms with E-state index in [1.807, 2.05) is 5.32 Å². The highest BCUT2D eigenvalue weighted by Crippen LogP contribution is 2.14. The van der Waals surface area contributed by atoms with Crippen LogP contribution in [0.2, 0.25) is 5.02 Å². The number of amides is 3. The number of rotatable bonds is 5. The topological polar surface area (TPSA) is 115 Å². The molecule has 26 heavy (non-hydrogen) atoms. The Hall–Kier alpha value is -2.94. The maximum Gasteiger partial charge on any atom is 0.361 e. The van der Waals surface area contributed by atoms with Crippen molar-refractivity contribution in [2.24, 2.45) is 0 Å². The number of hydrogen-bond donors (Lipinski definition) is 2. The Bertz CT molecular complexity index is 834. The van der Waals surface area contributed by atoms with E-state index in [0.29, 0.717) is 16.4 Å². The van der Waals surface area contributed by atoms with E-state index in [1.54, 1.807) is 45.0 Å². The van der Waals surface area contributed by atoms with Crippen LogP contribution in [0.4, 0.5) is 4.79 Å². The number of imide groups is 1. The summed E-state index contributed by atoms with van der Waals surface area (Å²) in [6.07, 6.45) is 0. The van der Waals surface area contributed by atoms with Crippen molar-refractivity contribution in [2.75, 3.05) is 6.61 Å². The highest BCUT2D eigenvalue weighted by atomic mass is 35.5. The third-order valence-corrected chi connectivity index (χ3v) is 3.26. The van der Waals surface area contributed by atoms with Crippen molar-refractivity contribution in [1.82, 2.24) is 25.6 Å². The maximum atomic E-state index is 12.1. The van der Waals surface area contributed by atoms with Gasteiger partial charge in [-0.2, -0.15) is 9.90 Å². The van der Waals surface area contributed by atoms with Crippen molar-refractivity contribution >= 4 is 29.5 Å². The summed E-state index contributed by atoms with van der Waals surface area (Å²) in [6.45, 7) is 4.46. The minimum atomic E-state index is -0.824. The number of benzene rings is 1. The zero-order valence-electron chi connectivity index (χ0n) is 14.4. The van der Waals surface area contributed by atoms with Crippen molar-refractivity contribution in [3.05, 3.63) is 40.7 Å². The maximum absolute atomic E-state index is 12.1. The summed E-state index contributed by atoms with van der Waals surface area (Å²) in [6, 6.07) is 5.99. The molecular weight excluding hydrogens is 362 g/mol. The molecule has 0 aliphatic carbocycles. The highest BCUT2D eigenvalue weighted by Gasteiger charge is 2.19. The molecule has 0 bridgehead atoms. The van der Waals surface area contributed by atoms with E-state index in [1.165, 1.54) is 4.80 Å². The lowest BCUT2D eigenvalue weighted by Crippen LogP contribution is -2.44. The quantitative estimate of drug-likeness (QED) is 0.763. The number of carbonyl (C=O) groups excluding carboxylic acids is 3. The van der Waals surface area contributed by atoms with Crippen LogP contribution >= 0.6 is 11.6 Å². The number of nitrogens with zero attached hydrogens (tertiary/aromatic N) is 3. The molecule has 138 valence electrons. The summed E-state index contributed by atoms with van der Waals surface area (Å²) >= 11 is 5.92. The zero-order valence-corrected chi connectivity index (χ0v) is 15.2. The first-order valence-electron chi connectivity index (χ1n) is 7.73. The standard InChI is InChI=1S/C16H18ClN5O4/c1-9(2)18-16(25)19-13(23)8-26-15(24)14-10(3)20-22(21-14)12-6-4-5-11(17)7-12/h4-7,9H,8H2,1-3H3,(H2,18,19,23,25). The molecule has 0 aliphatic heterocycles. The number of esters is 1. The summed E-state index contributed by atoms with van der Waals surface area (Å²) in [7, 11) is 0. The number of aryl methyl sites for hydroxylation is 1. The summed E-state index contributed by atoms with van der Waals surface area (Å²) in [5, 5.41) is 13.2. The third kappa shape index (κ3) is 5.28. The SMILES string of the molecule is Cc1nn(-c2cccc(Cl)c2)nc1C(=O)OCC(=O)NC(=O)NC(C)C. The van der Waals surface area contributed by atoms with Gasteiger partial charge in [-0.3, -0.25) is 10.1 Å². The van der Waals surface area contributed by atoms with Crippen LogP contribution in [0.5, 0.6) is 0 Å². The van der Waals surface area contributed by atoms with Gasteiger partial charge in [0.1, 0.15) is 0 Å². The molecule has 0 saturated carbocycles.